The van der Waals surface area contributed by atoms with Crippen molar-refractivity contribution in [3.05, 3.63) is 84.7 Å². The first-order chi connectivity index (χ1) is 19.0. The third-order valence-corrected chi connectivity index (χ3v) is 9.09. The van der Waals surface area contributed by atoms with Crippen LogP contribution in [0.25, 0.3) is 0 Å². The number of aromatic amines is 1. The summed E-state index contributed by atoms with van der Waals surface area (Å²) in [6.45, 7) is 0.455. The third-order valence-electron chi connectivity index (χ3n) is 6.84. The van der Waals surface area contributed by atoms with Crippen LogP contribution >= 0.6 is 46.6 Å². The standard InChI is InChI=1S/C27H22Cl3F2N3O4S/c28-17-4-3-5-18(29)24(17)40-20-10-21(27(30,31)32)33-25(38)23(20)26(39)34-11-14-8-16(13-36)19(9-15(14)12-34)35-7-2-1-6-22(35)37/h3-5,8-10,36H,1-2,6-7,11-13H2,(H,33,38). The Morgan fingerprint density at radius 3 is 2.38 bits per heavy atom. The molecule has 2 N–H and O–H groups in total. The van der Waals surface area contributed by atoms with Crippen molar-refractivity contribution < 1.29 is 23.5 Å². The molecule has 0 unspecified atom stereocenters. The molecular formula is C27H22Cl3F2N3O4S. The van der Waals surface area contributed by atoms with Gasteiger partial charge in [0.25, 0.3) is 11.5 Å². The zero-order chi connectivity index (χ0) is 28.8. The largest absolute Gasteiger partial charge is 0.392 e. The summed E-state index contributed by atoms with van der Waals surface area (Å²) < 4.78 is 28.0. The number of hydrogen-bond acceptors (Lipinski definition) is 5. The molecular weight excluding hydrogens is 607 g/mol. The molecule has 1 fully saturated rings. The Kier molecular flexibility index (Phi) is 8.18. The highest BCUT2D eigenvalue weighted by Crippen LogP contribution is 2.42. The lowest BCUT2D eigenvalue weighted by Gasteiger charge is -2.29. The van der Waals surface area contributed by atoms with E-state index in [0.717, 1.165) is 41.8 Å². The van der Waals surface area contributed by atoms with Gasteiger partial charge < -0.3 is 19.9 Å². The molecule has 13 heteroatoms. The van der Waals surface area contributed by atoms with E-state index in [1.54, 1.807) is 35.2 Å². The number of alkyl halides is 3. The minimum Gasteiger partial charge on any atom is -0.392 e. The van der Waals surface area contributed by atoms with Gasteiger partial charge in [-0.2, -0.15) is 8.78 Å². The van der Waals surface area contributed by atoms with Crippen LogP contribution in [-0.4, -0.2) is 33.3 Å². The molecule has 0 radical (unpaired) electrons. The number of aromatic nitrogens is 1. The molecule has 0 saturated carbocycles. The zero-order valence-corrected chi connectivity index (χ0v) is 23.9. The second-order valence-electron chi connectivity index (χ2n) is 9.47. The van der Waals surface area contributed by atoms with Crippen LogP contribution in [0.3, 0.4) is 0 Å². The number of nitrogens with one attached hydrogen (secondary N) is 1. The number of halogens is 5. The lowest BCUT2D eigenvalue weighted by Crippen LogP contribution is -2.36. The normalized spacial score (nSPS) is 15.5. The number of amides is 2. The number of aliphatic hydroxyl groups excluding tert-OH is 1. The number of pyridine rings is 1. The minimum atomic E-state index is -3.90. The van der Waals surface area contributed by atoms with Crippen LogP contribution in [0.5, 0.6) is 0 Å². The molecule has 2 aliphatic heterocycles. The monoisotopic (exact) mass is 627 g/mol. The summed E-state index contributed by atoms with van der Waals surface area (Å²) in [4.78, 5) is 44.7. The molecule has 2 aromatic carbocycles. The third kappa shape index (κ3) is 5.60. The van der Waals surface area contributed by atoms with Crippen LogP contribution in [0, 0.1) is 0 Å². The van der Waals surface area contributed by atoms with Gasteiger partial charge in [0.05, 0.1) is 16.7 Å². The quantitative estimate of drug-likeness (QED) is 0.313. The summed E-state index contributed by atoms with van der Waals surface area (Å²) in [7, 11) is 0. The van der Waals surface area contributed by atoms with Gasteiger partial charge in [-0.05, 0) is 65.9 Å². The van der Waals surface area contributed by atoms with E-state index in [0.29, 0.717) is 24.2 Å². The van der Waals surface area contributed by atoms with Crippen molar-refractivity contribution in [2.75, 3.05) is 11.4 Å². The van der Waals surface area contributed by atoms with Crippen LogP contribution in [0.1, 0.15) is 52.0 Å². The number of nitrogens with zero attached hydrogens (tertiary/aromatic N) is 2. The Labute approximate surface area is 247 Å². The number of piperidine rings is 1. The maximum Gasteiger partial charge on any atom is 0.362 e. The number of aliphatic hydroxyl groups is 1. The Balaban J connectivity index is 1.52. The van der Waals surface area contributed by atoms with Gasteiger partial charge in [-0.3, -0.25) is 14.4 Å². The average Bonchev–Trinajstić information content (AvgIpc) is 3.32. The molecule has 3 aromatic rings. The Morgan fingerprint density at radius 2 is 1.75 bits per heavy atom. The first-order valence-electron chi connectivity index (χ1n) is 12.3. The van der Waals surface area contributed by atoms with Crippen LogP contribution in [-0.2, 0) is 29.9 Å². The lowest BCUT2D eigenvalue weighted by molar-refractivity contribution is -0.119. The van der Waals surface area contributed by atoms with Crippen molar-refractivity contribution >= 4 is 64.1 Å². The summed E-state index contributed by atoms with van der Waals surface area (Å²) in [5, 5.41) is 6.53. The van der Waals surface area contributed by atoms with Gasteiger partial charge in [0.15, 0.2) is 0 Å². The number of fused-ring (bicyclic) bond motifs is 1. The second kappa shape index (κ2) is 11.3. The lowest BCUT2D eigenvalue weighted by atomic mass is 10.0. The van der Waals surface area contributed by atoms with Gasteiger partial charge in [0.1, 0.15) is 11.3 Å². The predicted octanol–water partition coefficient (Wildman–Crippen LogP) is 6.29. The number of anilines is 1. The highest BCUT2D eigenvalue weighted by Gasteiger charge is 2.35. The fourth-order valence-corrected chi connectivity index (χ4v) is 6.63. The van der Waals surface area contributed by atoms with Crippen molar-refractivity contribution in [1.82, 2.24) is 9.88 Å². The highest BCUT2D eigenvalue weighted by molar-refractivity contribution is 7.99. The van der Waals surface area contributed by atoms with E-state index in [1.807, 2.05) is 4.98 Å². The van der Waals surface area contributed by atoms with Crippen LogP contribution in [0.4, 0.5) is 14.5 Å². The topological polar surface area (TPSA) is 93.7 Å². The van der Waals surface area contributed by atoms with E-state index < -0.39 is 22.5 Å². The molecule has 2 amide bonds. The molecule has 40 heavy (non-hydrogen) atoms. The van der Waals surface area contributed by atoms with Crippen molar-refractivity contribution in [1.29, 1.82) is 0 Å². The summed E-state index contributed by atoms with van der Waals surface area (Å²) >= 11 is 18.6. The van der Waals surface area contributed by atoms with Gasteiger partial charge in [-0.1, -0.05) is 41.0 Å². The minimum absolute atomic E-state index is 0.0329. The first-order valence-corrected chi connectivity index (χ1v) is 14.2. The Hall–Kier alpha value is -2.63. The number of carbonyl (C=O) groups is 2. The first kappa shape index (κ1) is 28.9. The van der Waals surface area contributed by atoms with E-state index in [1.165, 1.54) is 4.90 Å². The van der Waals surface area contributed by atoms with E-state index in [9.17, 15) is 28.3 Å². The maximum atomic E-state index is 14.0. The molecule has 7 nitrogen and oxygen atoms in total. The van der Waals surface area contributed by atoms with Crippen molar-refractivity contribution in [3.8, 4) is 0 Å². The van der Waals surface area contributed by atoms with Crippen LogP contribution < -0.4 is 10.5 Å². The molecule has 5 rings (SSSR count). The van der Waals surface area contributed by atoms with Crippen molar-refractivity contribution in [2.24, 2.45) is 0 Å². The van der Waals surface area contributed by atoms with Crippen LogP contribution in [0.2, 0.25) is 10.0 Å². The van der Waals surface area contributed by atoms with E-state index in [4.69, 9.17) is 34.8 Å². The molecule has 1 saturated heterocycles. The van der Waals surface area contributed by atoms with Crippen molar-refractivity contribution in [2.45, 2.75) is 54.1 Å². The van der Waals surface area contributed by atoms with E-state index in [-0.39, 0.29) is 51.0 Å². The van der Waals surface area contributed by atoms with E-state index in [2.05, 4.69) is 0 Å². The average molecular weight is 629 g/mol. The van der Waals surface area contributed by atoms with E-state index >= 15 is 0 Å². The maximum absolute atomic E-state index is 14.0. The smallest absolute Gasteiger partial charge is 0.362 e. The number of hydrogen-bond donors (Lipinski definition) is 2. The fraction of sp³-hybridized carbons (Fsp3) is 0.296. The summed E-state index contributed by atoms with van der Waals surface area (Å²) in [5.74, 6) is -0.733. The second-order valence-corrected chi connectivity index (χ2v) is 11.8. The molecule has 0 spiro atoms. The van der Waals surface area contributed by atoms with Gasteiger partial charge in [0.2, 0.25) is 5.91 Å². The summed E-state index contributed by atoms with van der Waals surface area (Å²) in [6.07, 6.45) is 2.07. The zero-order valence-electron chi connectivity index (χ0n) is 20.8. The molecule has 0 aliphatic carbocycles. The van der Waals surface area contributed by atoms with Gasteiger partial charge >= 0.3 is 5.38 Å². The van der Waals surface area contributed by atoms with Gasteiger partial charge in [0, 0.05) is 47.1 Å². The van der Waals surface area contributed by atoms with Crippen molar-refractivity contribution in [3.63, 3.8) is 0 Å². The predicted molar refractivity (Wildman–Crippen MR) is 150 cm³/mol. The fourth-order valence-electron chi connectivity index (χ4n) is 4.89. The molecule has 2 aliphatic rings. The Bertz CT molecular complexity index is 1560. The number of rotatable bonds is 6. The SMILES string of the molecule is O=C(c1c(Sc2c(Cl)cccc2Cl)cc(C(F)(F)Cl)[nH]c1=O)N1Cc2cc(CO)c(N3CCCCC3=O)cc2C1. The van der Waals surface area contributed by atoms with Gasteiger partial charge in [-0.15, -0.1) is 0 Å². The molecule has 0 atom stereocenters. The number of carbonyl (C=O) groups excluding carboxylic acids is 2. The molecule has 3 heterocycles. The molecule has 1 aromatic heterocycles. The molecule has 0 bridgehead atoms. The number of H-pyrrole nitrogens is 1. The van der Waals surface area contributed by atoms with Gasteiger partial charge in [-0.25, -0.2) is 0 Å². The summed E-state index contributed by atoms with van der Waals surface area (Å²) in [6, 6.07) is 9.17. The molecule has 210 valence electrons. The summed E-state index contributed by atoms with van der Waals surface area (Å²) in [5.41, 5.74) is 0.356. The highest BCUT2D eigenvalue weighted by atomic mass is 35.5. The Morgan fingerprint density at radius 1 is 1.07 bits per heavy atom. The van der Waals surface area contributed by atoms with Crippen LogP contribution in [0.15, 0.2) is 51.0 Å². The number of benzene rings is 2.